The highest BCUT2D eigenvalue weighted by molar-refractivity contribution is 5.86. The van der Waals surface area contributed by atoms with E-state index in [4.69, 9.17) is 9.15 Å². The quantitative estimate of drug-likeness (QED) is 0.618. The Hall–Kier alpha value is -2.23. The Morgan fingerprint density at radius 1 is 1.50 bits per heavy atom. The lowest BCUT2D eigenvalue weighted by Gasteiger charge is -2.10. The molecule has 0 radical (unpaired) electrons. The van der Waals surface area contributed by atoms with E-state index in [1.165, 1.54) is 6.07 Å². The number of ether oxygens (including phenoxy) is 1. The molecule has 1 atom stereocenters. The average molecular weight is 244 g/mol. The number of aromatic hydroxyl groups is 1. The first-order chi connectivity index (χ1) is 8.56. The van der Waals surface area contributed by atoms with Gasteiger partial charge in [0.05, 0.1) is 0 Å². The maximum atomic E-state index is 11.2. The number of phenols is 1. The van der Waals surface area contributed by atoms with Gasteiger partial charge in [-0.15, -0.1) is 0 Å². The highest BCUT2D eigenvalue weighted by atomic mass is 16.5. The van der Waals surface area contributed by atoms with Crippen molar-refractivity contribution >= 4 is 11.0 Å². The van der Waals surface area contributed by atoms with Crippen molar-refractivity contribution in [2.45, 2.75) is 19.4 Å². The van der Waals surface area contributed by atoms with Gasteiger partial charge in [0.25, 0.3) is 0 Å². The van der Waals surface area contributed by atoms with Crippen LogP contribution in [0, 0.1) is 0 Å². The molecule has 1 aliphatic rings. The van der Waals surface area contributed by atoms with Crippen LogP contribution in [0.25, 0.3) is 11.0 Å². The van der Waals surface area contributed by atoms with Gasteiger partial charge < -0.3 is 14.3 Å². The summed E-state index contributed by atoms with van der Waals surface area (Å²) in [5, 5.41) is 10.8. The van der Waals surface area contributed by atoms with Crippen LogP contribution in [0.1, 0.15) is 12.5 Å². The second-order valence-corrected chi connectivity index (χ2v) is 4.54. The second kappa shape index (κ2) is 3.63. The topological polar surface area (TPSA) is 59.7 Å². The van der Waals surface area contributed by atoms with E-state index >= 15 is 0 Å². The summed E-state index contributed by atoms with van der Waals surface area (Å²) < 4.78 is 10.6. The summed E-state index contributed by atoms with van der Waals surface area (Å²) in [5.74, 6) is 0.286. The molecule has 1 aromatic heterocycles. The Balaban J connectivity index is 2.24. The van der Waals surface area contributed by atoms with E-state index in [-0.39, 0.29) is 17.4 Å². The molecule has 0 aliphatic carbocycles. The number of rotatable bonds is 1. The summed E-state index contributed by atoms with van der Waals surface area (Å²) in [4.78, 5) is 11.2. The lowest BCUT2D eigenvalue weighted by atomic mass is 10.0. The van der Waals surface area contributed by atoms with E-state index in [9.17, 15) is 9.90 Å². The summed E-state index contributed by atoms with van der Waals surface area (Å²) in [6.07, 6.45) is 0.544. The van der Waals surface area contributed by atoms with Gasteiger partial charge in [-0.1, -0.05) is 6.58 Å². The summed E-state index contributed by atoms with van der Waals surface area (Å²) >= 11 is 0. The molecule has 4 heteroatoms. The lowest BCUT2D eigenvalue weighted by Crippen LogP contribution is -2.13. The summed E-state index contributed by atoms with van der Waals surface area (Å²) in [6.45, 7) is 5.74. The Morgan fingerprint density at radius 2 is 2.28 bits per heavy atom. The normalized spacial score (nSPS) is 17.5. The van der Waals surface area contributed by atoms with Crippen LogP contribution in [0.3, 0.4) is 0 Å². The number of phenolic OH excluding ortho intramolecular Hbond substituents is 1. The van der Waals surface area contributed by atoms with E-state index in [2.05, 4.69) is 6.58 Å². The molecule has 2 aromatic rings. The molecule has 0 spiro atoms. The highest BCUT2D eigenvalue weighted by Gasteiger charge is 2.28. The van der Waals surface area contributed by atoms with E-state index in [1.54, 1.807) is 6.07 Å². The van der Waals surface area contributed by atoms with Crippen molar-refractivity contribution in [3.8, 4) is 11.5 Å². The van der Waals surface area contributed by atoms with E-state index in [0.717, 1.165) is 11.1 Å². The predicted molar refractivity (Wildman–Crippen MR) is 67.1 cm³/mol. The smallest absolute Gasteiger partial charge is 0.336 e. The molecule has 0 amide bonds. The van der Waals surface area contributed by atoms with Crippen LogP contribution >= 0.6 is 0 Å². The Bertz CT molecular complexity index is 712. The minimum absolute atomic E-state index is 0.107. The van der Waals surface area contributed by atoms with Gasteiger partial charge in [-0.3, -0.25) is 0 Å². The molecular formula is C14H12O4. The third kappa shape index (κ3) is 1.49. The van der Waals surface area contributed by atoms with Crippen LogP contribution in [-0.2, 0) is 6.42 Å². The molecule has 1 N–H and O–H groups in total. The van der Waals surface area contributed by atoms with Crippen LogP contribution in [0.5, 0.6) is 11.5 Å². The largest absolute Gasteiger partial charge is 0.502 e. The molecule has 3 rings (SSSR count). The van der Waals surface area contributed by atoms with Crippen molar-refractivity contribution in [2.75, 3.05) is 0 Å². The molecule has 1 aromatic carbocycles. The zero-order valence-electron chi connectivity index (χ0n) is 9.90. The SMILES string of the molecule is C=C(C)C1Cc2cc3ccc(=O)oc3c(O)c2O1. The third-order valence-electron chi connectivity index (χ3n) is 3.13. The van der Waals surface area contributed by atoms with Gasteiger partial charge in [0.1, 0.15) is 6.10 Å². The maximum Gasteiger partial charge on any atom is 0.336 e. The lowest BCUT2D eigenvalue weighted by molar-refractivity contribution is 0.260. The maximum absolute atomic E-state index is 11.2. The number of fused-ring (bicyclic) bond motifs is 2. The number of hydrogen-bond acceptors (Lipinski definition) is 4. The summed E-state index contributed by atoms with van der Waals surface area (Å²) in [7, 11) is 0. The predicted octanol–water partition coefficient (Wildman–Crippen LogP) is 2.38. The van der Waals surface area contributed by atoms with Crippen LogP contribution in [-0.4, -0.2) is 11.2 Å². The Labute approximate surface area is 103 Å². The second-order valence-electron chi connectivity index (χ2n) is 4.54. The summed E-state index contributed by atoms with van der Waals surface area (Å²) in [6, 6.07) is 4.84. The zero-order chi connectivity index (χ0) is 12.9. The monoisotopic (exact) mass is 244 g/mol. The van der Waals surface area contributed by atoms with Crippen molar-refractivity contribution in [2.24, 2.45) is 0 Å². The van der Waals surface area contributed by atoms with Gasteiger partial charge in [-0.05, 0) is 24.6 Å². The van der Waals surface area contributed by atoms with Crippen molar-refractivity contribution in [3.05, 3.63) is 46.3 Å². The van der Waals surface area contributed by atoms with Crippen molar-refractivity contribution in [1.82, 2.24) is 0 Å². The van der Waals surface area contributed by atoms with Gasteiger partial charge in [-0.25, -0.2) is 4.79 Å². The molecule has 92 valence electrons. The zero-order valence-corrected chi connectivity index (χ0v) is 9.90. The van der Waals surface area contributed by atoms with Gasteiger partial charge >= 0.3 is 5.63 Å². The van der Waals surface area contributed by atoms with Gasteiger partial charge in [-0.2, -0.15) is 0 Å². The van der Waals surface area contributed by atoms with Crippen molar-refractivity contribution in [1.29, 1.82) is 0 Å². The van der Waals surface area contributed by atoms with E-state index < -0.39 is 5.63 Å². The molecule has 1 aliphatic heterocycles. The van der Waals surface area contributed by atoms with Crippen LogP contribution in [0.2, 0.25) is 0 Å². The van der Waals surface area contributed by atoms with Gasteiger partial charge in [0.15, 0.2) is 11.3 Å². The first-order valence-electron chi connectivity index (χ1n) is 5.67. The van der Waals surface area contributed by atoms with Crippen LogP contribution in [0.4, 0.5) is 0 Å². The van der Waals surface area contributed by atoms with E-state index in [1.807, 2.05) is 13.0 Å². The molecule has 0 bridgehead atoms. The van der Waals surface area contributed by atoms with Crippen LogP contribution in [0.15, 0.2) is 39.6 Å². The molecule has 2 heterocycles. The molecule has 1 unspecified atom stereocenters. The first kappa shape index (κ1) is 10.9. The molecule has 18 heavy (non-hydrogen) atoms. The number of benzene rings is 1. The van der Waals surface area contributed by atoms with Gasteiger partial charge in [0.2, 0.25) is 5.75 Å². The Kier molecular flexibility index (Phi) is 2.20. The molecule has 4 nitrogen and oxygen atoms in total. The molecule has 0 fully saturated rings. The molecular weight excluding hydrogens is 232 g/mol. The average Bonchev–Trinajstić information content (AvgIpc) is 2.75. The van der Waals surface area contributed by atoms with Crippen molar-refractivity contribution < 1.29 is 14.3 Å². The fourth-order valence-electron chi connectivity index (χ4n) is 2.18. The highest BCUT2D eigenvalue weighted by Crippen LogP contribution is 2.43. The molecule has 0 saturated carbocycles. The van der Waals surface area contributed by atoms with E-state index in [0.29, 0.717) is 17.6 Å². The Morgan fingerprint density at radius 3 is 3.00 bits per heavy atom. The fraction of sp³-hybridized carbons (Fsp3) is 0.214. The first-order valence-corrected chi connectivity index (χ1v) is 5.67. The minimum Gasteiger partial charge on any atom is -0.502 e. The standard InChI is InChI=1S/C14H12O4/c1-7(2)10-6-9-5-8-3-4-11(15)18-13(8)12(16)14(9)17-10/h3-5,10,16H,1,6H2,2H3. The summed E-state index contributed by atoms with van der Waals surface area (Å²) in [5.41, 5.74) is 1.48. The van der Waals surface area contributed by atoms with Crippen LogP contribution < -0.4 is 10.4 Å². The van der Waals surface area contributed by atoms with Crippen molar-refractivity contribution in [3.63, 3.8) is 0 Å². The number of hydrogen-bond donors (Lipinski definition) is 1. The fourth-order valence-corrected chi connectivity index (χ4v) is 2.18. The van der Waals surface area contributed by atoms with Gasteiger partial charge in [0, 0.05) is 23.4 Å². The third-order valence-corrected chi connectivity index (χ3v) is 3.13. The molecule has 0 saturated heterocycles. The minimum atomic E-state index is -0.493.